The molecule has 3 rings (SSSR count). The predicted octanol–water partition coefficient (Wildman–Crippen LogP) is 1.63. The molecule has 1 fully saturated rings. The molecule has 0 bridgehead atoms. The summed E-state index contributed by atoms with van der Waals surface area (Å²) >= 11 is 0. The minimum absolute atomic E-state index is 0. The first-order valence-electron chi connectivity index (χ1n) is 8.19. The van der Waals surface area contributed by atoms with Gasteiger partial charge in [0.15, 0.2) is 0 Å². The van der Waals surface area contributed by atoms with E-state index in [4.69, 9.17) is 4.74 Å². The van der Waals surface area contributed by atoms with Crippen molar-refractivity contribution in [3.63, 3.8) is 0 Å². The smallest absolute Gasteiger partial charge is 0.252 e. The van der Waals surface area contributed by atoms with Crippen LogP contribution in [0.3, 0.4) is 0 Å². The van der Waals surface area contributed by atoms with Crippen molar-refractivity contribution in [2.45, 2.75) is 31.4 Å². The number of carbonyl (C=O) groups excluding carboxylic acids is 1. The van der Waals surface area contributed by atoms with Gasteiger partial charge < -0.3 is 15.4 Å². The largest absolute Gasteiger partial charge is 0.368 e. The van der Waals surface area contributed by atoms with Crippen LogP contribution in [0.1, 0.15) is 31.5 Å². The van der Waals surface area contributed by atoms with Gasteiger partial charge in [-0.2, -0.15) is 0 Å². The number of methoxy groups -OCH3 is 1. The number of halogens is 1. The van der Waals surface area contributed by atoms with Crippen LogP contribution in [0, 0.1) is 0 Å². The third-order valence-electron chi connectivity index (χ3n) is 4.54. The minimum atomic E-state index is -0.755. The van der Waals surface area contributed by atoms with Crippen LogP contribution in [0.25, 0.3) is 5.69 Å². The Morgan fingerprint density at radius 1 is 1.32 bits per heavy atom. The average molecular weight is 366 g/mol. The number of nitrogens with one attached hydrogen (secondary N) is 2. The van der Waals surface area contributed by atoms with Gasteiger partial charge in [-0.15, -0.1) is 17.5 Å². The van der Waals surface area contributed by atoms with Crippen LogP contribution in [0.4, 0.5) is 0 Å². The molecule has 0 radical (unpaired) electrons. The quantitative estimate of drug-likeness (QED) is 0.841. The van der Waals surface area contributed by atoms with E-state index in [1.807, 2.05) is 43.5 Å². The summed E-state index contributed by atoms with van der Waals surface area (Å²) in [5.74, 6) is -0.0896. The van der Waals surface area contributed by atoms with Gasteiger partial charge in [-0.25, -0.2) is 4.68 Å². The first-order valence-corrected chi connectivity index (χ1v) is 8.19. The number of hydrogen-bond donors (Lipinski definition) is 2. The molecule has 1 aromatic heterocycles. The third-order valence-corrected chi connectivity index (χ3v) is 4.54. The fourth-order valence-corrected chi connectivity index (χ4v) is 2.94. The SMILES string of the molecule is COC1(C(=O)NC(C)c2cn(-c3ccccc3)nn2)CCNCC1.Cl. The molecule has 136 valence electrons. The first-order chi connectivity index (χ1) is 11.6. The number of para-hydroxylation sites is 1. The zero-order valence-electron chi connectivity index (χ0n) is 14.4. The Morgan fingerprint density at radius 2 is 2.00 bits per heavy atom. The van der Waals surface area contributed by atoms with Crippen molar-refractivity contribution in [1.29, 1.82) is 0 Å². The Morgan fingerprint density at radius 3 is 2.64 bits per heavy atom. The molecule has 1 aliphatic rings. The maximum absolute atomic E-state index is 12.7. The summed E-state index contributed by atoms with van der Waals surface area (Å²) in [5, 5.41) is 14.6. The van der Waals surface area contributed by atoms with Crippen molar-refractivity contribution in [1.82, 2.24) is 25.6 Å². The monoisotopic (exact) mass is 365 g/mol. The van der Waals surface area contributed by atoms with Gasteiger partial charge in [-0.1, -0.05) is 23.4 Å². The van der Waals surface area contributed by atoms with Crippen LogP contribution in [0.5, 0.6) is 0 Å². The number of amides is 1. The number of benzene rings is 1. The third kappa shape index (κ3) is 4.18. The molecule has 7 nitrogen and oxygen atoms in total. The van der Waals surface area contributed by atoms with Crippen LogP contribution >= 0.6 is 12.4 Å². The second-order valence-corrected chi connectivity index (χ2v) is 6.07. The van der Waals surface area contributed by atoms with Crippen molar-refractivity contribution in [2.24, 2.45) is 0 Å². The lowest BCUT2D eigenvalue weighted by Crippen LogP contribution is -2.54. The average Bonchev–Trinajstić information content (AvgIpc) is 3.13. The van der Waals surface area contributed by atoms with E-state index in [0.29, 0.717) is 18.5 Å². The van der Waals surface area contributed by atoms with Gasteiger partial charge in [0.25, 0.3) is 5.91 Å². The number of piperidine rings is 1. The molecule has 1 unspecified atom stereocenters. The van der Waals surface area contributed by atoms with E-state index in [1.165, 1.54) is 0 Å². The summed E-state index contributed by atoms with van der Waals surface area (Å²) in [6.45, 7) is 3.46. The van der Waals surface area contributed by atoms with E-state index in [2.05, 4.69) is 20.9 Å². The maximum Gasteiger partial charge on any atom is 0.252 e. The molecule has 8 heteroatoms. The van der Waals surface area contributed by atoms with Crippen LogP contribution in [0.2, 0.25) is 0 Å². The Labute approximate surface area is 153 Å². The lowest BCUT2D eigenvalue weighted by Gasteiger charge is -2.35. The van der Waals surface area contributed by atoms with Crippen molar-refractivity contribution in [2.75, 3.05) is 20.2 Å². The number of rotatable bonds is 5. The zero-order chi connectivity index (χ0) is 17.0. The Bertz CT molecular complexity index is 685. The van der Waals surface area contributed by atoms with E-state index in [-0.39, 0.29) is 24.4 Å². The van der Waals surface area contributed by atoms with Crippen LogP contribution in [0.15, 0.2) is 36.5 Å². The van der Waals surface area contributed by atoms with Gasteiger partial charge in [-0.05, 0) is 45.0 Å². The van der Waals surface area contributed by atoms with Crippen LogP contribution in [-0.2, 0) is 9.53 Å². The van der Waals surface area contributed by atoms with Crippen molar-refractivity contribution in [3.8, 4) is 5.69 Å². The van der Waals surface area contributed by atoms with E-state index in [0.717, 1.165) is 18.8 Å². The van der Waals surface area contributed by atoms with Gasteiger partial charge >= 0.3 is 0 Å². The molecule has 1 amide bonds. The van der Waals surface area contributed by atoms with Gasteiger partial charge in [-0.3, -0.25) is 4.79 Å². The summed E-state index contributed by atoms with van der Waals surface area (Å²) < 4.78 is 7.26. The maximum atomic E-state index is 12.7. The lowest BCUT2D eigenvalue weighted by atomic mass is 9.90. The molecular formula is C17H24ClN5O2. The summed E-state index contributed by atoms with van der Waals surface area (Å²) in [7, 11) is 1.60. The number of hydrogen-bond acceptors (Lipinski definition) is 5. The topological polar surface area (TPSA) is 81.1 Å². The molecule has 1 aromatic carbocycles. The lowest BCUT2D eigenvalue weighted by molar-refractivity contribution is -0.147. The highest BCUT2D eigenvalue weighted by atomic mass is 35.5. The summed E-state index contributed by atoms with van der Waals surface area (Å²) in [6, 6.07) is 9.51. The van der Waals surface area contributed by atoms with E-state index in [9.17, 15) is 4.79 Å². The molecule has 1 aliphatic heterocycles. The van der Waals surface area contributed by atoms with Gasteiger partial charge in [0, 0.05) is 7.11 Å². The number of ether oxygens (including phenoxy) is 1. The molecule has 0 aliphatic carbocycles. The molecule has 0 saturated carbocycles. The predicted molar refractivity (Wildman–Crippen MR) is 97.0 cm³/mol. The molecule has 25 heavy (non-hydrogen) atoms. The summed E-state index contributed by atoms with van der Waals surface area (Å²) in [5.41, 5.74) is 0.892. The van der Waals surface area contributed by atoms with E-state index < -0.39 is 5.60 Å². The van der Waals surface area contributed by atoms with Crippen LogP contribution in [-0.4, -0.2) is 46.7 Å². The molecule has 2 aromatic rings. The molecule has 1 atom stereocenters. The van der Waals surface area contributed by atoms with Gasteiger partial charge in [0.2, 0.25) is 0 Å². The Kier molecular flexibility index (Phi) is 6.52. The van der Waals surface area contributed by atoms with E-state index in [1.54, 1.807) is 11.8 Å². The van der Waals surface area contributed by atoms with Crippen molar-refractivity contribution in [3.05, 3.63) is 42.2 Å². The zero-order valence-corrected chi connectivity index (χ0v) is 15.3. The fourth-order valence-electron chi connectivity index (χ4n) is 2.94. The standard InChI is InChI=1S/C17H23N5O2.ClH/c1-13(19-16(23)17(24-2)8-10-18-11-9-17)15-12-22(21-20-15)14-6-4-3-5-7-14;/h3-7,12-13,18H,8-11H2,1-2H3,(H,19,23);1H. The molecular weight excluding hydrogens is 342 g/mol. The number of carbonyl (C=O) groups is 1. The molecule has 2 N–H and O–H groups in total. The normalized spacial score (nSPS) is 17.4. The van der Waals surface area contributed by atoms with Gasteiger partial charge in [0.1, 0.15) is 11.3 Å². The summed E-state index contributed by atoms with van der Waals surface area (Å²) in [4.78, 5) is 12.7. The summed E-state index contributed by atoms with van der Waals surface area (Å²) in [6.07, 6.45) is 3.17. The molecule has 1 saturated heterocycles. The van der Waals surface area contributed by atoms with Crippen LogP contribution < -0.4 is 10.6 Å². The second kappa shape index (κ2) is 8.42. The highest BCUT2D eigenvalue weighted by molar-refractivity contribution is 5.86. The molecule has 0 spiro atoms. The highest BCUT2D eigenvalue weighted by Crippen LogP contribution is 2.24. The van der Waals surface area contributed by atoms with Crippen molar-refractivity contribution < 1.29 is 9.53 Å². The highest BCUT2D eigenvalue weighted by Gasteiger charge is 2.40. The number of nitrogens with zero attached hydrogens (tertiary/aromatic N) is 3. The van der Waals surface area contributed by atoms with E-state index >= 15 is 0 Å². The Hall–Kier alpha value is -1.96. The van der Waals surface area contributed by atoms with Crippen molar-refractivity contribution >= 4 is 18.3 Å². The first kappa shape index (κ1) is 19.4. The Balaban J connectivity index is 0.00000225. The fraction of sp³-hybridized carbons (Fsp3) is 0.471. The van der Waals surface area contributed by atoms with Gasteiger partial charge in [0.05, 0.1) is 17.9 Å². The number of aromatic nitrogens is 3. The second-order valence-electron chi connectivity index (χ2n) is 6.07. The minimum Gasteiger partial charge on any atom is -0.368 e. The molecule has 2 heterocycles.